The van der Waals surface area contributed by atoms with E-state index in [9.17, 15) is 9.59 Å². The van der Waals surface area contributed by atoms with E-state index in [1.807, 2.05) is 0 Å². The van der Waals surface area contributed by atoms with Crippen LogP contribution >= 0.6 is 0 Å². The Labute approximate surface area is 236 Å². The summed E-state index contributed by atoms with van der Waals surface area (Å²) in [6.45, 7) is 9.33. The molecule has 0 rings (SSSR count). The van der Waals surface area contributed by atoms with Crippen molar-refractivity contribution < 1.29 is 19.1 Å². The second-order valence-corrected chi connectivity index (χ2v) is 10.9. The van der Waals surface area contributed by atoms with Gasteiger partial charge in [0.2, 0.25) is 0 Å². The van der Waals surface area contributed by atoms with Crippen LogP contribution in [0.5, 0.6) is 0 Å². The van der Waals surface area contributed by atoms with E-state index in [2.05, 4.69) is 18.7 Å². The maximum absolute atomic E-state index is 12.0. The lowest BCUT2D eigenvalue weighted by Gasteiger charge is -2.22. The molecule has 0 aromatic heterocycles. The summed E-state index contributed by atoms with van der Waals surface area (Å²) in [7, 11) is 0. The number of esters is 2. The Morgan fingerprint density at radius 1 is 0.500 bits per heavy atom. The van der Waals surface area contributed by atoms with Gasteiger partial charge >= 0.3 is 11.9 Å². The van der Waals surface area contributed by atoms with Gasteiger partial charge in [0, 0.05) is 12.8 Å². The lowest BCUT2D eigenvalue weighted by Crippen LogP contribution is -2.28. The fourth-order valence-electron chi connectivity index (χ4n) is 4.66. The zero-order chi connectivity index (χ0) is 27.9. The highest BCUT2D eigenvalue weighted by molar-refractivity contribution is 5.69. The van der Waals surface area contributed by atoms with Crippen molar-refractivity contribution in [3.05, 3.63) is 0 Å². The Kier molecular flexibility index (Phi) is 29.5. The molecule has 0 aromatic rings. The Bertz CT molecular complexity index is 476. The standard InChI is InChI=1S/C32H64N2O4/c1-3-5-7-9-11-13-21-29-37-31(35)23-15-18-26-34(28-20-17-25-33)27-19-16-24-32(36)38-30-22-14-12-10-8-6-4-2/h3-30,33H2,1-2H3. The van der Waals surface area contributed by atoms with Gasteiger partial charge in [0.25, 0.3) is 0 Å². The van der Waals surface area contributed by atoms with Gasteiger partial charge in [-0.1, -0.05) is 90.9 Å². The van der Waals surface area contributed by atoms with E-state index in [0.29, 0.717) is 26.1 Å². The Morgan fingerprint density at radius 3 is 1.26 bits per heavy atom. The highest BCUT2D eigenvalue weighted by Crippen LogP contribution is 2.10. The molecule has 38 heavy (non-hydrogen) atoms. The lowest BCUT2D eigenvalue weighted by atomic mass is 10.1. The molecule has 0 saturated carbocycles. The fraction of sp³-hybridized carbons (Fsp3) is 0.938. The van der Waals surface area contributed by atoms with Crippen molar-refractivity contribution in [1.29, 1.82) is 0 Å². The molecular formula is C32H64N2O4. The Morgan fingerprint density at radius 2 is 0.868 bits per heavy atom. The van der Waals surface area contributed by atoms with Crippen molar-refractivity contribution in [2.45, 2.75) is 155 Å². The van der Waals surface area contributed by atoms with Gasteiger partial charge in [0.1, 0.15) is 0 Å². The first-order valence-electron chi connectivity index (χ1n) is 16.4. The molecule has 0 radical (unpaired) electrons. The smallest absolute Gasteiger partial charge is 0.305 e. The van der Waals surface area contributed by atoms with Crippen LogP contribution in [0.2, 0.25) is 0 Å². The van der Waals surface area contributed by atoms with Crippen molar-refractivity contribution in [3.8, 4) is 0 Å². The molecule has 0 atom stereocenters. The van der Waals surface area contributed by atoms with Crippen LogP contribution in [0.3, 0.4) is 0 Å². The fourth-order valence-corrected chi connectivity index (χ4v) is 4.66. The van der Waals surface area contributed by atoms with Crippen LogP contribution in [0.15, 0.2) is 0 Å². The van der Waals surface area contributed by atoms with Crippen LogP contribution in [0.25, 0.3) is 0 Å². The molecular weight excluding hydrogens is 476 g/mol. The summed E-state index contributed by atoms with van der Waals surface area (Å²) in [6.07, 6.45) is 24.1. The van der Waals surface area contributed by atoms with Crippen LogP contribution in [0.1, 0.15) is 155 Å². The summed E-state index contributed by atoms with van der Waals surface area (Å²) in [5, 5.41) is 0. The maximum Gasteiger partial charge on any atom is 0.305 e. The largest absolute Gasteiger partial charge is 0.466 e. The van der Waals surface area contributed by atoms with E-state index in [0.717, 1.165) is 90.4 Å². The van der Waals surface area contributed by atoms with Crippen LogP contribution < -0.4 is 5.73 Å². The number of nitrogens with two attached hydrogens (primary N) is 1. The zero-order valence-corrected chi connectivity index (χ0v) is 25.5. The summed E-state index contributed by atoms with van der Waals surface area (Å²) in [5.74, 6) is -0.110. The van der Waals surface area contributed by atoms with E-state index >= 15 is 0 Å². The van der Waals surface area contributed by atoms with Crippen LogP contribution in [-0.2, 0) is 19.1 Å². The molecule has 226 valence electrons. The number of carbonyl (C=O) groups excluding carboxylic acids is 2. The van der Waals surface area contributed by atoms with E-state index in [1.165, 1.54) is 64.2 Å². The third-order valence-electron chi connectivity index (χ3n) is 7.16. The molecule has 0 fully saturated rings. The summed E-state index contributed by atoms with van der Waals surface area (Å²) in [6, 6.07) is 0. The van der Waals surface area contributed by atoms with Gasteiger partial charge < -0.3 is 20.1 Å². The number of carbonyl (C=O) groups is 2. The van der Waals surface area contributed by atoms with Gasteiger partial charge in [-0.3, -0.25) is 9.59 Å². The van der Waals surface area contributed by atoms with E-state index in [-0.39, 0.29) is 11.9 Å². The van der Waals surface area contributed by atoms with E-state index in [1.54, 1.807) is 0 Å². The highest BCUT2D eigenvalue weighted by Gasteiger charge is 2.08. The molecule has 6 nitrogen and oxygen atoms in total. The number of ether oxygens (including phenoxy) is 2. The van der Waals surface area contributed by atoms with Crippen molar-refractivity contribution in [2.24, 2.45) is 5.73 Å². The second kappa shape index (κ2) is 30.4. The lowest BCUT2D eigenvalue weighted by molar-refractivity contribution is -0.144. The van der Waals surface area contributed by atoms with Gasteiger partial charge in [-0.15, -0.1) is 0 Å². The normalized spacial score (nSPS) is 11.3. The topological polar surface area (TPSA) is 81.9 Å². The molecule has 6 heteroatoms. The van der Waals surface area contributed by atoms with Gasteiger partial charge in [-0.2, -0.15) is 0 Å². The van der Waals surface area contributed by atoms with Crippen molar-refractivity contribution in [2.75, 3.05) is 39.4 Å². The Balaban J connectivity index is 3.83. The SMILES string of the molecule is CCCCCCCCCOC(=O)CCCCN(CCCCN)CCCCC(=O)OCCCCCCCCC. The average Bonchev–Trinajstić information content (AvgIpc) is 2.91. The molecule has 0 saturated heterocycles. The first-order valence-corrected chi connectivity index (χ1v) is 16.4. The third-order valence-corrected chi connectivity index (χ3v) is 7.16. The highest BCUT2D eigenvalue weighted by atomic mass is 16.5. The zero-order valence-electron chi connectivity index (χ0n) is 25.5. The molecule has 0 unspecified atom stereocenters. The predicted octanol–water partition coefficient (Wildman–Crippen LogP) is 7.96. The summed E-state index contributed by atoms with van der Waals surface area (Å²) < 4.78 is 10.8. The molecule has 0 bridgehead atoms. The first kappa shape index (κ1) is 36.9. The molecule has 0 spiro atoms. The van der Waals surface area contributed by atoms with Crippen LogP contribution in [0.4, 0.5) is 0 Å². The van der Waals surface area contributed by atoms with Crippen LogP contribution in [0, 0.1) is 0 Å². The quantitative estimate of drug-likeness (QED) is 0.0735. The van der Waals surface area contributed by atoms with Crippen molar-refractivity contribution in [1.82, 2.24) is 4.90 Å². The van der Waals surface area contributed by atoms with Gasteiger partial charge in [0.15, 0.2) is 0 Å². The molecule has 2 N–H and O–H groups in total. The molecule has 0 amide bonds. The first-order chi connectivity index (χ1) is 18.6. The predicted molar refractivity (Wildman–Crippen MR) is 160 cm³/mol. The second-order valence-electron chi connectivity index (χ2n) is 10.9. The third kappa shape index (κ3) is 27.9. The minimum absolute atomic E-state index is 0.0549. The number of nitrogens with zero attached hydrogens (tertiary/aromatic N) is 1. The minimum atomic E-state index is -0.0549. The summed E-state index contributed by atoms with van der Waals surface area (Å²) in [5.41, 5.74) is 5.68. The van der Waals surface area contributed by atoms with E-state index in [4.69, 9.17) is 15.2 Å². The van der Waals surface area contributed by atoms with Gasteiger partial charge in [-0.25, -0.2) is 0 Å². The Hall–Kier alpha value is -1.14. The van der Waals surface area contributed by atoms with Gasteiger partial charge in [-0.05, 0) is 77.5 Å². The average molecular weight is 541 g/mol. The molecule has 0 aliphatic rings. The molecule has 0 aliphatic carbocycles. The van der Waals surface area contributed by atoms with Crippen molar-refractivity contribution >= 4 is 11.9 Å². The van der Waals surface area contributed by atoms with Gasteiger partial charge in [0.05, 0.1) is 13.2 Å². The molecule has 0 aromatic carbocycles. The van der Waals surface area contributed by atoms with Crippen molar-refractivity contribution in [3.63, 3.8) is 0 Å². The number of rotatable bonds is 30. The monoisotopic (exact) mass is 540 g/mol. The van der Waals surface area contributed by atoms with E-state index < -0.39 is 0 Å². The molecule has 0 aliphatic heterocycles. The summed E-state index contributed by atoms with van der Waals surface area (Å²) in [4.78, 5) is 26.5. The number of unbranched alkanes of at least 4 members (excludes halogenated alkanes) is 15. The van der Waals surface area contributed by atoms with Crippen LogP contribution in [-0.4, -0.2) is 56.2 Å². The summed E-state index contributed by atoms with van der Waals surface area (Å²) >= 11 is 0. The number of hydrogen-bond donors (Lipinski definition) is 1. The maximum atomic E-state index is 12.0. The molecule has 0 heterocycles. The number of hydrogen-bond acceptors (Lipinski definition) is 6. The minimum Gasteiger partial charge on any atom is -0.466 e.